The van der Waals surface area contributed by atoms with E-state index in [1.807, 2.05) is 0 Å². The second-order valence-corrected chi connectivity index (χ2v) is 9.93. The maximum absolute atomic E-state index is 13.0. The molecule has 7 atom stereocenters. The summed E-state index contributed by atoms with van der Waals surface area (Å²) in [7, 11) is 4.06. The number of nitrogens with zero attached hydrogens (tertiary/aromatic N) is 1. The fraction of sp³-hybridized carbons (Fsp3) is 0.682. The van der Waals surface area contributed by atoms with Crippen molar-refractivity contribution in [1.82, 2.24) is 0 Å². The minimum absolute atomic E-state index is 0. The number of likely N-dealkylation sites (N-methyl/N-ethyl adjacent to an activating group) is 1. The van der Waals surface area contributed by atoms with Crippen LogP contribution < -0.4 is 29.3 Å². The molecule has 2 bridgehead atoms. The summed E-state index contributed by atoms with van der Waals surface area (Å²) in [5, 5.41) is 3.99. The monoisotopic (exact) mass is 480 g/mol. The molecule has 0 amide bonds. The standard InChI is InChI=1S/C22H29N2O2.HI/c1-14-20-9-6-11-24(2)12-10-21(19(20)24)15-7-4-5-8-17(15)23-22(14,21)16(13-20)18(25)26-3;/h4-5,7-8,14,16,19,23H,6,9-13H2,1-3H3;1H/q+1;/p-1. The molecule has 0 radical (unpaired) electrons. The summed E-state index contributed by atoms with van der Waals surface area (Å²) in [6.07, 6.45) is 4.76. The number of fused-ring (bicyclic) bond motifs is 1. The van der Waals surface area contributed by atoms with Crippen LogP contribution in [-0.4, -0.2) is 49.3 Å². The minimum Gasteiger partial charge on any atom is -1.00 e. The van der Waals surface area contributed by atoms with Crippen LogP contribution in [0.2, 0.25) is 0 Å². The number of quaternary nitrogens is 1. The summed E-state index contributed by atoms with van der Waals surface area (Å²) in [4.78, 5) is 13.0. The van der Waals surface area contributed by atoms with Crippen LogP contribution in [0, 0.1) is 17.3 Å². The molecule has 0 aromatic heterocycles. The second kappa shape index (κ2) is 5.21. The Balaban J connectivity index is 0.00000160. The Bertz CT molecular complexity index is 845. The molecule has 2 aliphatic carbocycles. The molecule has 27 heavy (non-hydrogen) atoms. The Morgan fingerprint density at radius 3 is 2.81 bits per heavy atom. The van der Waals surface area contributed by atoms with E-state index in [4.69, 9.17) is 4.74 Å². The van der Waals surface area contributed by atoms with Crippen molar-refractivity contribution in [3.8, 4) is 0 Å². The number of piperidine rings is 1. The number of rotatable bonds is 1. The normalized spacial score (nSPS) is 50.3. The van der Waals surface area contributed by atoms with Gasteiger partial charge in [-0.1, -0.05) is 25.1 Å². The molecule has 5 heteroatoms. The summed E-state index contributed by atoms with van der Waals surface area (Å²) >= 11 is 0. The maximum atomic E-state index is 13.0. The molecule has 6 rings (SSSR count). The molecule has 1 aromatic rings. The number of ether oxygens (including phenoxy) is 1. The number of methoxy groups -OCH3 is 1. The van der Waals surface area contributed by atoms with Gasteiger partial charge in [-0.3, -0.25) is 4.79 Å². The number of hydrogen-bond donors (Lipinski definition) is 1. The van der Waals surface area contributed by atoms with E-state index in [9.17, 15) is 4.79 Å². The van der Waals surface area contributed by atoms with Crippen molar-refractivity contribution < 1.29 is 38.0 Å². The van der Waals surface area contributed by atoms with E-state index in [2.05, 4.69) is 43.6 Å². The summed E-state index contributed by atoms with van der Waals surface area (Å²) in [6, 6.07) is 9.52. The van der Waals surface area contributed by atoms with Crippen molar-refractivity contribution in [2.75, 3.05) is 32.6 Å². The van der Waals surface area contributed by atoms with E-state index < -0.39 is 0 Å². The molecule has 2 saturated carbocycles. The van der Waals surface area contributed by atoms with Crippen LogP contribution in [0.4, 0.5) is 5.69 Å². The number of halogens is 1. The minimum atomic E-state index is -0.172. The van der Waals surface area contributed by atoms with Gasteiger partial charge in [-0.2, -0.15) is 0 Å². The van der Waals surface area contributed by atoms with Gasteiger partial charge in [0.1, 0.15) is 6.04 Å². The smallest absolute Gasteiger partial charge is 0.311 e. The molecule has 3 spiro atoms. The zero-order valence-corrected chi connectivity index (χ0v) is 18.6. The van der Waals surface area contributed by atoms with Gasteiger partial charge in [-0.05, 0) is 36.8 Å². The molecule has 1 N–H and O–H groups in total. The van der Waals surface area contributed by atoms with E-state index in [1.165, 1.54) is 48.1 Å². The molecular weight excluding hydrogens is 451 g/mol. The van der Waals surface area contributed by atoms with Crippen LogP contribution in [0.5, 0.6) is 0 Å². The highest BCUT2D eigenvalue weighted by atomic mass is 127. The Kier molecular flexibility index (Phi) is 3.51. The third-order valence-electron chi connectivity index (χ3n) is 9.62. The maximum Gasteiger partial charge on any atom is 0.311 e. The number of carbonyl (C=O) groups excluding carboxylic acids is 1. The molecular formula is C22H29IN2O2. The van der Waals surface area contributed by atoms with Gasteiger partial charge < -0.3 is 38.5 Å². The quantitative estimate of drug-likeness (QED) is 0.348. The van der Waals surface area contributed by atoms with Crippen LogP contribution in [0.3, 0.4) is 0 Å². The Hall–Kier alpha value is -0.820. The van der Waals surface area contributed by atoms with Crippen molar-refractivity contribution in [2.24, 2.45) is 17.3 Å². The van der Waals surface area contributed by atoms with Gasteiger partial charge in [-0.25, -0.2) is 0 Å². The lowest BCUT2D eigenvalue weighted by molar-refractivity contribution is -0.936. The van der Waals surface area contributed by atoms with Crippen LogP contribution >= 0.6 is 0 Å². The van der Waals surface area contributed by atoms with Gasteiger partial charge in [0, 0.05) is 17.5 Å². The zero-order valence-electron chi connectivity index (χ0n) is 16.4. The molecule has 1 aromatic carbocycles. The Morgan fingerprint density at radius 1 is 1.26 bits per heavy atom. The molecule has 3 heterocycles. The number of hydrogen-bond acceptors (Lipinski definition) is 3. The van der Waals surface area contributed by atoms with Crippen molar-refractivity contribution in [2.45, 2.75) is 49.6 Å². The lowest BCUT2D eigenvalue weighted by Crippen LogP contribution is -3.00. The lowest BCUT2D eigenvalue weighted by atomic mass is 9.56. The van der Waals surface area contributed by atoms with E-state index in [1.54, 1.807) is 7.11 Å². The zero-order chi connectivity index (χ0) is 17.9. The molecule has 2 saturated heterocycles. The van der Waals surface area contributed by atoms with Gasteiger partial charge in [0.15, 0.2) is 0 Å². The number of nitrogens with one attached hydrogen (secondary N) is 1. The predicted molar refractivity (Wildman–Crippen MR) is 99.8 cm³/mol. The lowest BCUT2D eigenvalue weighted by Gasteiger charge is -2.54. The van der Waals surface area contributed by atoms with E-state index in [0.717, 1.165) is 6.42 Å². The fourth-order valence-electron chi connectivity index (χ4n) is 9.19. The number of esters is 1. The van der Waals surface area contributed by atoms with Crippen LogP contribution in [-0.2, 0) is 14.9 Å². The fourth-order valence-corrected chi connectivity index (χ4v) is 9.19. The van der Waals surface area contributed by atoms with Crippen molar-refractivity contribution in [1.29, 1.82) is 0 Å². The van der Waals surface area contributed by atoms with Gasteiger partial charge in [-0.15, -0.1) is 0 Å². The molecule has 3 aliphatic heterocycles. The highest BCUT2D eigenvalue weighted by Crippen LogP contribution is 2.80. The number of carbonyl (C=O) groups is 1. The summed E-state index contributed by atoms with van der Waals surface area (Å²) in [5.74, 6) is 0.462. The summed E-state index contributed by atoms with van der Waals surface area (Å²) in [5.41, 5.74) is 2.92. The summed E-state index contributed by atoms with van der Waals surface area (Å²) in [6.45, 7) is 4.98. The molecule has 4 nitrogen and oxygen atoms in total. The predicted octanol–water partition coefficient (Wildman–Crippen LogP) is -0.0656. The van der Waals surface area contributed by atoms with Crippen molar-refractivity contribution in [3.05, 3.63) is 29.8 Å². The molecule has 146 valence electrons. The van der Waals surface area contributed by atoms with Crippen molar-refractivity contribution in [3.63, 3.8) is 0 Å². The second-order valence-electron chi connectivity index (χ2n) is 9.93. The highest BCUT2D eigenvalue weighted by molar-refractivity contribution is 5.82. The van der Waals surface area contributed by atoms with Gasteiger partial charge in [0.2, 0.25) is 0 Å². The van der Waals surface area contributed by atoms with Gasteiger partial charge in [0.25, 0.3) is 0 Å². The highest BCUT2D eigenvalue weighted by Gasteiger charge is 2.89. The average molecular weight is 480 g/mol. The third kappa shape index (κ3) is 1.59. The molecule has 7 unspecified atom stereocenters. The first-order valence-corrected chi connectivity index (χ1v) is 10.3. The van der Waals surface area contributed by atoms with Crippen LogP contribution in [0.15, 0.2) is 24.3 Å². The van der Waals surface area contributed by atoms with Crippen LogP contribution in [0.1, 0.15) is 38.2 Å². The number of benzene rings is 1. The number of anilines is 1. The largest absolute Gasteiger partial charge is 1.00 e. The molecule has 4 fully saturated rings. The first-order valence-electron chi connectivity index (χ1n) is 10.3. The first kappa shape index (κ1) is 18.2. The van der Waals surface area contributed by atoms with Gasteiger partial charge in [0.05, 0.1) is 44.1 Å². The SMILES string of the molecule is COC(=O)C1CC23CCC[N+]4(C)CCC5(c6ccccc6NC15C2C)C34.[I-]. The number of para-hydroxylation sites is 1. The van der Waals surface area contributed by atoms with E-state index in [0.29, 0.717) is 12.0 Å². The Morgan fingerprint density at radius 2 is 2.04 bits per heavy atom. The topological polar surface area (TPSA) is 38.3 Å². The average Bonchev–Trinajstić information content (AvgIpc) is 3.27. The first-order chi connectivity index (χ1) is 12.5. The van der Waals surface area contributed by atoms with Gasteiger partial charge >= 0.3 is 5.97 Å². The van der Waals surface area contributed by atoms with Crippen LogP contribution in [0.25, 0.3) is 0 Å². The Labute approximate surface area is 178 Å². The summed E-state index contributed by atoms with van der Waals surface area (Å²) < 4.78 is 6.56. The van der Waals surface area contributed by atoms with E-state index in [-0.39, 0.29) is 52.2 Å². The third-order valence-corrected chi connectivity index (χ3v) is 9.62. The molecule has 5 aliphatic rings. The van der Waals surface area contributed by atoms with E-state index >= 15 is 0 Å². The van der Waals surface area contributed by atoms with Crippen molar-refractivity contribution >= 4 is 11.7 Å².